The van der Waals surface area contributed by atoms with Crippen molar-refractivity contribution in [3.63, 3.8) is 0 Å². The lowest BCUT2D eigenvalue weighted by atomic mass is 9.97. The van der Waals surface area contributed by atoms with Gasteiger partial charge in [0.25, 0.3) is 0 Å². The number of halogens is 3. The van der Waals surface area contributed by atoms with Crippen LogP contribution in [0.15, 0.2) is 10.7 Å². The lowest BCUT2D eigenvalue weighted by Gasteiger charge is -2.29. The summed E-state index contributed by atoms with van der Waals surface area (Å²) in [5.74, 6) is 1.38. The molecule has 21 heavy (non-hydrogen) atoms. The summed E-state index contributed by atoms with van der Waals surface area (Å²) in [6.07, 6.45) is -1.89. The van der Waals surface area contributed by atoms with Gasteiger partial charge in [-0.1, -0.05) is 16.5 Å². The molecule has 1 aliphatic rings. The van der Waals surface area contributed by atoms with Crippen LogP contribution in [-0.4, -0.2) is 28.2 Å². The Kier molecular flexibility index (Phi) is 3.60. The van der Waals surface area contributed by atoms with E-state index in [0.717, 1.165) is 19.0 Å². The van der Waals surface area contributed by atoms with Crippen molar-refractivity contribution in [3.8, 4) is 0 Å². The second-order valence-corrected chi connectivity index (χ2v) is 5.96. The van der Waals surface area contributed by atoms with Crippen LogP contribution in [0.1, 0.15) is 35.4 Å². The minimum Gasteiger partial charge on any atom is -0.348 e. The van der Waals surface area contributed by atoms with Crippen molar-refractivity contribution in [2.24, 2.45) is 0 Å². The predicted octanol–water partition coefficient (Wildman–Crippen LogP) is 3.24. The van der Waals surface area contributed by atoms with Crippen molar-refractivity contribution in [1.29, 1.82) is 0 Å². The summed E-state index contributed by atoms with van der Waals surface area (Å²) >= 11 is 0.686. The van der Waals surface area contributed by atoms with Crippen LogP contribution in [0, 0.1) is 6.92 Å². The Bertz CT molecular complexity index is 616. The second kappa shape index (κ2) is 5.28. The quantitative estimate of drug-likeness (QED) is 0.851. The highest BCUT2D eigenvalue weighted by Crippen LogP contribution is 2.38. The molecular formula is C12H13F3N4OS. The van der Waals surface area contributed by atoms with Crippen LogP contribution >= 0.6 is 11.3 Å². The molecule has 0 aromatic carbocycles. The second-order valence-electron chi connectivity index (χ2n) is 4.95. The molecule has 0 spiro atoms. The maximum Gasteiger partial charge on any atom is 0.427 e. The number of thiazole rings is 1. The van der Waals surface area contributed by atoms with E-state index in [4.69, 9.17) is 4.52 Å². The van der Waals surface area contributed by atoms with Crippen molar-refractivity contribution in [2.45, 2.75) is 31.9 Å². The zero-order valence-corrected chi connectivity index (χ0v) is 12.0. The lowest BCUT2D eigenvalue weighted by Crippen LogP contribution is -2.32. The summed E-state index contributed by atoms with van der Waals surface area (Å²) in [4.78, 5) is 9.31. The van der Waals surface area contributed by atoms with Gasteiger partial charge in [-0.2, -0.15) is 18.2 Å². The van der Waals surface area contributed by atoms with E-state index >= 15 is 0 Å². The van der Waals surface area contributed by atoms with Crippen molar-refractivity contribution < 1.29 is 17.7 Å². The minimum atomic E-state index is -4.32. The fourth-order valence-corrected chi connectivity index (χ4v) is 3.17. The minimum absolute atomic E-state index is 0.171. The summed E-state index contributed by atoms with van der Waals surface area (Å²) in [6.45, 7) is 3.03. The third-order valence-corrected chi connectivity index (χ3v) is 4.53. The maximum absolute atomic E-state index is 12.6. The maximum atomic E-state index is 12.6. The molecule has 1 saturated heterocycles. The number of piperidine rings is 1. The Morgan fingerprint density at radius 1 is 1.33 bits per heavy atom. The van der Waals surface area contributed by atoms with Gasteiger partial charge >= 0.3 is 6.18 Å². The van der Waals surface area contributed by atoms with Crippen LogP contribution in [0.25, 0.3) is 0 Å². The van der Waals surface area contributed by atoms with E-state index in [1.54, 1.807) is 6.92 Å². The standard InChI is InChI=1S/C12H13F3N4OS/c1-7-17-10(20-18-7)8-2-4-19(5-3-8)11-16-6-9(21-11)12(13,14)15/h6,8H,2-5H2,1H3. The topological polar surface area (TPSA) is 55.1 Å². The first-order valence-electron chi connectivity index (χ1n) is 6.51. The number of rotatable bonds is 2. The number of hydrogen-bond donors (Lipinski definition) is 0. The van der Waals surface area contributed by atoms with E-state index < -0.39 is 11.1 Å². The molecule has 0 bridgehead atoms. The zero-order chi connectivity index (χ0) is 15.0. The van der Waals surface area contributed by atoms with Gasteiger partial charge in [-0.05, 0) is 19.8 Å². The fourth-order valence-electron chi connectivity index (χ4n) is 2.34. The molecule has 2 aromatic rings. The molecule has 1 fully saturated rings. The smallest absolute Gasteiger partial charge is 0.348 e. The molecule has 0 unspecified atom stereocenters. The molecular weight excluding hydrogens is 305 g/mol. The van der Waals surface area contributed by atoms with E-state index in [1.165, 1.54) is 0 Å². The summed E-state index contributed by atoms with van der Waals surface area (Å²) in [7, 11) is 0. The van der Waals surface area contributed by atoms with E-state index in [0.29, 0.717) is 41.3 Å². The van der Waals surface area contributed by atoms with Crippen LogP contribution in [0.2, 0.25) is 0 Å². The molecule has 0 atom stereocenters. The van der Waals surface area contributed by atoms with E-state index in [2.05, 4.69) is 15.1 Å². The van der Waals surface area contributed by atoms with Crippen molar-refractivity contribution >= 4 is 16.5 Å². The molecule has 114 valence electrons. The molecule has 0 N–H and O–H groups in total. The highest BCUT2D eigenvalue weighted by Gasteiger charge is 2.34. The van der Waals surface area contributed by atoms with Crippen LogP contribution in [0.3, 0.4) is 0 Å². The predicted molar refractivity (Wildman–Crippen MR) is 70.3 cm³/mol. The van der Waals surface area contributed by atoms with Gasteiger partial charge in [0.2, 0.25) is 5.89 Å². The van der Waals surface area contributed by atoms with Gasteiger partial charge in [0.15, 0.2) is 11.0 Å². The molecule has 5 nitrogen and oxygen atoms in total. The van der Waals surface area contributed by atoms with Crippen molar-refractivity contribution in [3.05, 3.63) is 22.8 Å². The first-order chi connectivity index (χ1) is 9.93. The highest BCUT2D eigenvalue weighted by atomic mass is 32.1. The van der Waals surface area contributed by atoms with E-state index in [1.807, 2.05) is 4.90 Å². The molecule has 9 heteroatoms. The summed E-state index contributed by atoms with van der Waals surface area (Å²) in [5.41, 5.74) is 0. The third kappa shape index (κ3) is 3.02. The normalized spacial score (nSPS) is 17.4. The van der Waals surface area contributed by atoms with Gasteiger partial charge in [-0.3, -0.25) is 0 Å². The number of hydrogen-bond acceptors (Lipinski definition) is 6. The molecule has 3 rings (SSSR count). The van der Waals surface area contributed by atoms with E-state index in [9.17, 15) is 13.2 Å². The number of aromatic nitrogens is 3. The third-order valence-electron chi connectivity index (χ3n) is 3.43. The zero-order valence-electron chi connectivity index (χ0n) is 11.2. The molecule has 0 saturated carbocycles. The summed E-state index contributed by atoms with van der Waals surface area (Å²) in [5, 5.41) is 4.18. The largest absolute Gasteiger partial charge is 0.427 e. The molecule has 3 heterocycles. The van der Waals surface area contributed by atoms with E-state index in [-0.39, 0.29) is 5.92 Å². The van der Waals surface area contributed by atoms with Crippen molar-refractivity contribution in [2.75, 3.05) is 18.0 Å². The monoisotopic (exact) mass is 318 g/mol. The van der Waals surface area contributed by atoms with Crippen LogP contribution in [-0.2, 0) is 6.18 Å². The van der Waals surface area contributed by atoms with Gasteiger partial charge in [0.1, 0.15) is 4.88 Å². The first kappa shape index (κ1) is 14.3. The Morgan fingerprint density at radius 3 is 2.57 bits per heavy atom. The van der Waals surface area contributed by atoms with Crippen LogP contribution in [0.4, 0.5) is 18.3 Å². The van der Waals surface area contributed by atoms with Gasteiger partial charge in [0, 0.05) is 19.0 Å². The van der Waals surface area contributed by atoms with Gasteiger partial charge in [-0.15, -0.1) is 0 Å². The Hall–Kier alpha value is -1.64. The van der Waals surface area contributed by atoms with Gasteiger partial charge in [0.05, 0.1) is 6.20 Å². The number of nitrogens with zero attached hydrogens (tertiary/aromatic N) is 4. The number of alkyl halides is 3. The van der Waals surface area contributed by atoms with Crippen molar-refractivity contribution in [1.82, 2.24) is 15.1 Å². The molecule has 1 aliphatic heterocycles. The molecule has 0 radical (unpaired) electrons. The number of anilines is 1. The Morgan fingerprint density at radius 2 is 2.05 bits per heavy atom. The SMILES string of the molecule is Cc1noc(C2CCN(c3ncc(C(F)(F)F)s3)CC2)n1. The molecule has 0 aliphatic carbocycles. The molecule has 0 amide bonds. The summed E-state index contributed by atoms with van der Waals surface area (Å²) in [6, 6.07) is 0. The highest BCUT2D eigenvalue weighted by molar-refractivity contribution is 7.15. The average Bonchev–Trinajstić information content (AvgIpc) is 3.07. The number of aryl methyl sites for hydroxylation is 1. The fraction of sp³-hybridized carbons (Fsp3) is 0.583. The Balaban J connectivity index is 1.64. The Labute approximate surface area is 122 Å². The van der Waals surface area contributed by atoms with Gasteiger partial charge < -0.3 is 9.42 Å². The van der Waals surface area contributed by atoms with Crippen LogP contribution in [0.5, 0.6) is 0 Å². The lowest BCUT2D eigenvalue weighted by molar-refractivity contribution is -0.134. The molecule has 2 aromatic heterocycles. The average molecular weight is 318 g/mol. The van der Waals surface area contributed by atoms with Gasteiger partial charge in [-0.25, -0.2) is 4.98 Å². The van der Waals surface area contributed by atoms with Crippen LogP contribution < -0.4 is 4.90 Å². The first-order valence-corrected chi connectivity index (χ1v) is 7.33. The summed E-state index contributed by atoms with van der Waals surface area (Å²) < 4.78 is 42.9.